The van der Waals surface area contributed by atoms with Crippen LogP contribution in [0.15, 0.2) is 36.4 Å². The summed E-state index contributed by atoms with van der Waals surface area (Å²) < 4.78 is 5.99. The Hall–Kier alpha value is -1.36. The summed E-state index contributed by atoms with van der Waals surface area (Å²) in [6.45, 7) is 4.19. The maximum absolute atomic E-state index is 11.6. The number of esters is 1. The molecule has 0 unspecified atom stereocenters. The zero-order valence-electron chi connectivity index (χ0n) is 11.2. The molecule has 0 bridgehead atoms. The van der Waals surface area contributed by atoms with E-state index in [9.17, 15) is 4.79 Å². The first-order chi connectivity index (χ1) is 9.02. The van der Waals surface area contributed by atoms with Crippen molar-refractivity contribution in [1.29, 1.82) is 0 Å². The van der Waals surface area contributed by atoms with E-state index in [0.717, 1.165) is 5.56 Å². The Bertz CT molecular complexity index is 609. The predicted molar refractivity (Wildman–Crippen MR) is 85.4 cm³/mol. The third-order valence-electron chi connectivity index (χ3n) is 3.07. The van der Waals surface area contributed by atoms with Gasteiger partial charge in [-0.05, 0) is 83.0 Å². The van der Waals surface area contributed by atoms with E-state index in [-0.39, 0.29) is 5.97 Å². The summed E-state index contributed by atoms with van der Waals surface area (Å²) in [6.07, 6.45) is 0. The number of carbonyl (C=O) groups excluding carboxylic acids is 1. The zero-order valence-corrected chi connectivity index (χ0v) is 13.3. The Labute approximate surface area is 126 Å². The Morgan fingerprint density at radius 3 is 2.32 bits per heavy atom. The Morgan fingerprint density at radius 1 is 1.11 bits per heavy atom. The molecular formula is C16H15IO2. The van der Waals surface area contributed by atoms with Gasteiger partial charge < -0.3 is 4.74 Å². The van der Waals surface area contributed by atoms with E-state index < -0.39 is 0 Å². The summed E-state index contributed by atoms with van der Waals surface area (Å²) in [5.74, 6) is -0.303. The van der Waals surface area contributed by atoms with Gasteiger partial charge in [-0.15, -0.1) is 0 Å². The highest BCUT2D eigenvalue weighted by atomic mass is 127. The van der Waals surface area contributed by atoms with Crippen LogP contribution in [0.1, 0.15) is 21.5 Å². The molecule has 0 spiro atoms. The topological polar surface area (TPSA) is 26.3 Å². The number of hydrogen-bond donors (Lipinski definition) is 0. The lowest BCUT2D eigenvalue weighted by Crippen LogP contribution is -2.01. The first-order valence-electron chi connectivity index (χ1n) is 5.98. The largest absolute Gasteiger partial charge is 0.465 e. The van der Waals surface area contributed by atoms with E-state index in [1.807, 2.05) is 18.2 Å². The monoisotopic (exact) mass is 366 g/mol. The summed E-state index contributed by atoms with van der Waals surface area (Å²) >= 11 is 2.32. The number of ether oxygens (including phenoxy) is 1. The van der Waals surface area contributed by atoms with Crippen molar-refractivity contribution in [1.82, 2.24) is 0 Å². The van der Waals surface area contributed by atoms with Gasteiger partial charge in [-0.2, -0.15) is 0 Å². The van der Waals surface area contributed by atoms with Crippen LogP contribution in [0.3, 0.4) is 0 Å². The first-order valence-corrected chi connectivity index (χ1v) is 7.06. The van der Waals surface area contributed by atoms with Crippen LogP contribution in [0.25, 0.3) is 11.1 Å². The molecule has 0 amide bonds. The normalized spacial score (nSPS) is 10.3. The quantitative estimate of drug-likeness (QED) is 0.583. The second-order valence-corrected chi connectivity index (χ2v) is 5.73. The lowest BCUT2D eigenvalue weighted by Gasteiger charge is -2.12. The van der Waals surface area contributed by atoms with Crippen molar-refractivity contribution < 1.29 is 9.53 Å². The van der Waals surface area contributed by atoms with Gasteiger partial charge in [0.25, 0.3) is 0 Å². The maximum Gasteiger partial charge on any atom is 0.337 e. The summed E-state index contributed by atoms with van der Waals surface area (Å²) in [4.78, 5) is 11.6. The van der Waals surface area contributed by atoms with Gasteiger partial charge in [-0.3, -0.25) is 0 Å². The lowest BCUT2D eigenvalue weighted by atomic mass is 9.95. The highest BCUT2D eigenvalue weighted by molar-refractivity contribution is 14.1. The second kappa shape index (κ2) is 5.74. The number of rotatable bonds is 2. The van der Waals surface area contributed by atoms with Gasteiger partial charge in [0.2, 0.25) is 0 Å². The van der Waals surface area contributed by atoms with E-state index in [2.05, 4.69) is 48.6 Å². The van der Waals surface area contributed by atoms with Crippen LogP contribution < -0.4 is 0 Å². The minimum Gasteiger partial charge on any atom is -0.465 e. The Balaban J connectivity index is 2.57. The molecule has 2 aromatic rings. The average Bonchev–Trinajstić information content (AvgIpc) is 2.37. The fourth-order valence-corrected chi connectivity index (χ4v) is 3.22. The third kappa shape index (κ3) is 2.97. The molecule has 0 atom stereocenters. The molecule has 2 rings (SSSR count). The number of carbonyl (C=O) groups is 1. The first kappa shape index (κ1) is 14.1. The van der Waals surface area contributed by atoms with Gasteiger partial charge in [0.05, 0.1) is 12.7 Å². The number of hydrogen-bond acceptors (Lipinski definition) is 2. The smallest absolute Gasteiger partial charge is 0.337 e. The van der Waals surface area contributed by atoms with Crippen LogP contribution in [0, 0.1) is 17.4 Å². The van der Waals surface area contributed by atoms with Gasteiger partial charge in [0, 0.05) is 3.57 Å². The molecule has 0 radical (unpaired) electrons. The third-order valence-corrected chi connectivity index (χ3v) is 3.69. The van der Waals surface area contributed by atoms with Crippen LogP contribution in [-0.2, 0) is 4.74 Å². The number of benzene rings is 2. The molecule has 3 heteroatoms. The average molecular weight is 366 g/mol. The second-order valence-electron chi connectivity index (χ2n) is 4.49. The number of halogens is 1. The van der Waals surface area contributed by atoms with Crippen molar-refractivity contribution in [3.8, 4) is 11.1 Å². The van der Waals surface area contributed by atoms with Crippen LogP contribution in [0.5, 0.6) is 0 Å². The van der Waals surface area contributed by atoms with Crippen molar-refractivity contribution in [2.45, 2.75) is 13.8 Å². The summed E-state index contributed by atoms with van der Waals surface area (Å²) in [7, 11) is 1.40. The predicted octanol–water partition coefficient (Wildman–Crippen LogP) is 4.36. The van der Waals surface area contributed by atoms with E-state index in [1.54, 1.807) is 6.07 Å². The molecule has 0 aliphatic heterocycles. The van der Waals surface area contributed by atoms with Crippen LogP contribution in [-0.4, -0.2) is 13.1 Å². The molecule has 98 valence electrons. The van der Waals surface area contributed by atoms with Crippen molar-refractivity contribution in [3.05, 3.63) is 56.7 Å². The maximum atomic E-state index is 11.6. The van der Waals surface area contributed by atoms with Crippen molar-refractivity contribution in [2.24, 2.45) is 0 Å². The SMILES string of the molecule is COC(=O)c1cccc(-c2c(C)cc(I)cc2C)c1. The molecule has 0 fully saturated rings. The molecular weight excluding hydrogens is 351 g/mol. The molecule has 19 heavy (non-hydrogen) atoms. The molecule has 2 nitrogen and oxygen atoms in total. The standard InChI is InChI=1S/C16H15IO2/c1-10-7-14(17)8-11(2)15(10)12-5-4-6-13(9-12)16(18)19-3/h4-9H,1-3H3. The molecule has 2 aromatic carbocycles. The van der Waals surface area contributed by atoms with E-state index in [1.165, 1.54) is 27.4 Å². The lowest BCUT2D eigenvalue weighted by molar-refractivity contribution is 0.0601. The summed E-state index contributed by atoms with van der Waals surface area (Å²) in [5, 5.41) is 0. The molecule has 0 N–H and O–H groups in total. The summed E-state index contributed by atoms with van der Waals surface area (Å²) in [6, 6.07) is 11.9. The van der Waals surface area contributed by atoms with Gasteiger partial charge >= 0.3 is 5.97 Å². The minimum atomic E-state index is -0.303. The van der Waals surface area contributed by atoms with Crippen LogP contribution >= 0.6 is 22.6 Å². The molecule has 0 aromatic heterocycles. The number of methoxy groups -OCH3 is 1. The van der Waals surface area contributed by atoms with Crippen LogP contribution in [0.2, 0.25) is 0 Å². The van der Waals surface area contributed by atoms with Crippen molar-refractivity contribution in [3.63, 3.8) is 0 Å². The molecule has 0 saturated carbocycles. The van der Waals surface area contributed by atoms with Gasteiger partial charge in [0.1, 0.15) is 0 Å². The fourth-order valence-electron chi connectivity index (χ4n) is 2.29. The molecule has 0 saturated heterocycles. The van der Waals surface area contributed by atoms with E-state index in [0.29, 0.717) is 5.56 Å². The highest BCUT2D eigenvalue weighted by Gasteiger charge is 2.10. The van der Waals surface area contributed by atoms with Crippen molar-refractivity contribution in [2.75, 3.05) is 7.11 Å². The van der Waals surface area contributed by atoms with Gasteiger partial charge in [0.15, 0.2) is 0 Å². The zero-order chi connectivity index (χ0) is 14.0. The number of aryl methyl sites for hydroxylation is 2. The van der Waals surface area contributed by atoms with E-state index >= 15 is 0 Å². The van der Waals surface area contributed by atoms with Crippen LogP contribution in [0.4, 0.5) is 0 Å². The molecule has 0 aliphatic carbocycles. The van der Waals surface area contributed by atoms with Gasteiger partial charge in [-0.1, -0.05) is 12.1 Å². The Morgan fingerprint density at radius 2 is 1.74 bits per heavy atom. The molecule has 0 aliphatic rings. The van der Waals surface area contributed by atoms with Gasteiger partial charge in [-0.25, -0.2) is 4.79 Å². The minimum absolute atomic E-state index is 0.303. The molecule has 0 heterocycles. The van der Waals surface area contributed by atoms with E-state index in [4.69, 9.17) is 4.74 Å². The summed E-state index contributed by atoms with van der Waals surface area (Å²) in [5.41, 5.74) is 5.25. The van der Waals surface area contributed by atoms with Crippen molar-refractivity contribution >= 4 is 28.6 Å². The highest BCUT2D eigenvalue weighted by Crippen LogP contribution is 2.29. The fraction of sp³-hybridized carbons (Fsp3) is 0.188. The Kier molecular flexibility index (Phi) is 4.24.